The summed E-state index contributed by atoms with van der Waals surface area (Å²) in [5.41, 5.74) is 3.02. The van der Waals surface area contributed by atoms with Crippen LogP contribution in [-0.4, -0.2) is 66.7 Å². The summed E-state index contributed by atoms with van der Waals surface area (Å²) >= 11 is 1.61. The molecule has 2 fully saturated rings. The van der Waals surface area contributed by atoms with Crippen LogP contribution in [0.4, 0.5) is 5.69 Å². The van der Waals surface area contributed by atoms with E-state index in [2.05, 4.69) is 10.00 Å². The SMILES string of the molecule is Cc1nn([C@@H]2CCS(=O)(=O)C2)c(C)c1N1CCN(C(=O)/C=C/c2cccs2)CC1. The molecule has 4 rings (SSSR count). The van der Waals surface area contributed by atoms with E-state index in [9.17, 15) is 13.2 Å². The van der Waals surface area contributed by atoms with Crippen molar-refractivity contribution in [2.45, 2.75) is 26.3 Å². The van der Waals surface area contributed by atoms with Gasteiger partial charge in [-0.25, -0.2) is 8.42 Å². The number of aromatic nitrogens is 2. The van der Waals surface area contributed by atoms with E-state index in [1.54, 1.807) is 17.4 Å². The van der Waals surface area contributed by atoms with Crippen LogP contribution in [0.1, 0.15) is 28.7 Å². The van der Waals surface area contributed by atoms with Crippen LogP contribution < -0.4 is 4.90 Å². The van der Waals surface area contributed by atoms with Gasteiger partial charge >= 0.3 is 0 Å². The Hall–Kier alpha value is -2.13. The molecule has 0 bridgehead atoms. The molecule has 9 heteroatoms. The molecule has 4 heterocycles. The number of nitrogens with zero attached hydrogens (tertiary/aromatic N) is 4. The topological polar surface area (TPSA) is 75.5 Å². The van der Waals surface area contributed by atoms with Crippen LogP contribution in [0.2, 0.25) is 0 Å². The normalized spacial score (nSPS) is 21.9. The Morgan fingerprint density at radius 1 is 1.24 bits per heavy atom. The van der Waals surface area contributed by atoms with Crippen LogP contribution in [0.3, 0.4) is 0 Å². The molecule has 0 aromatic carbocycles. The highest BCUT2D eigenvalue weighted by atomic mass is 32.2. The maximum atomic E-state index is 12.5. The van der Waals surface area contributed by atoms with Crippen molar-refractivity contribution in [1.29, 1.82) is 0 Å². The first-order valence-electron chi connectivity index (χ1n) is 9.85. The third-order valence-electron chi connectivity index (χ3n) is 5.68. The van der Waals surface area contributed by atoms with Crippen molar-refractivity contribution in [3.05, 3.63) is 39.9 Å². The largest absolute Gasteiger partial charge is 0.365 e. The third kappa shape index (κ3) is 4.25. The number of hydrogen-bond acceptors (Lipinski definition) is 6. The molecule has 0 spiro atoms. The summed E-state index contributed by atoms with van der Waals surface area (Å²) in [6.45, 7) is 6.81. The lowest BCUT2D eigenvalue weighted by Gasteiger charge is -2.35. The van der Waals surface area contributed by atoms with Gasteiger partial charge in [0.15, 0.2) is 9.84 Å². The third-order valence-corrected chi connectivity index (χ3v) is 8.27. The number of anilines is 1. The molecule has 0 radical (unpaired) electrons. The Morgan fingerprint density at radius 2 is 2.00 bits per heavy atom. The summed E-state index contributed by atoms with van der Waals surface area (Å²) in [7, 11) is -2.95. The summed E-state index contributed by atoms with van der Waals surface area (Å²) < 4.78 is 25.6. The van der Waals surface area contributed by atoms with Gasteiger partial charge in [-0.05, 0) is 37.8 Å². The lowest BCUT2D eigenvalue weighted by molar-refractivity contribution is -0.126. The van der Waals surface area contributed by atoms with Crippen LogP contribution in [0, 0.1) is 13.8 Å². The highest BCUT2D eigenvalue weighted by Crippen LogP contribution is 2.31. The molecule has 1 amide bonds. The Balaban J connectivity index is 1.42. The van der Waals surface area contributed by atoms with E-state index in [-0.39, 0.29) is 23.5 Å². The second-order valence-corrected chi connectivity index (χ2v) is 10.9. The molecule has 0 saturated carbocycles. The molecule has 2 aliphatic heterocycles. The smallest absolute Gasteiger partial charge is 0.246 e. The van der Waals surface area contributed by atoms with Gasteiger partial charge in [0.05, 0.1) is 34.6 Å². The van der Waals surface area contributed by atoms with Gasteiger partial charge in [-0.2, -0.15) is 5.10 Å². The predicted octanol–water partition coefficient (Wildman–Crippen LogP) is 2.28. The number of sulfone groups is 1. The summed E-state index contributed by atoms with van der Waals surface area (Å²) in [6.07, 6.45) is 4.15. The molecule has 1 atom stereocenters. The number of thiophene rings is 1. The first kappa shape index (κ1) is 20.2. The van der Waals surface area contributed by atoms with E-state index in [0.29, 0.717) is 19.5 Å². The van der Waals surface area contributed by atoms with Crippen molar-refractivity contribution in [2.75, 3.05) is 42.6 Å². The number of carbonyl (C=O) groups is 1. The molecular formula is C20H26N4O3S2. The van der Waals surface area contributed by atoms with Crippen LogP contribution >= 0.6 is 11.3 Å². The first-order valence-corrected chi connectivity index (χ1v) is 12.6. The van der Waals surface area contributed by atoms with Crippen molar-refractivity contribution in [3.63, 3.8) is 0 Å². The Morgan fingerprint density at radius 3 is 2.62 bits per heavy atom. The van der Waals surface area contributed by atoms with Gasteiger partial charge in [-0.15, -0.1) is 11.3 Å². The minimum absolute atomic E-state index is 0.0401. The standard InChI is InChI=1S/C20H26N4O3S2/c1-15-20(16(2)24(21-15)17-7-13-29(26,27)14-17)23-10-8-22(9-11-23)19(25)6-5-18-4-3-12-28-18/h3-6,12,17H,7-11,13-14H2,1-2H3/b6-5+/t17-/m1/s1. The van der Waals surface area contributed by atoms with Crippen molar-refractivity contribution in [3.8, 4) is 0 Å². The van der Waals surface area contributed by atoms with Gasteiger partial charge in [-0.1, -0.05) is 6.07 Å². The van der Waals surface area contributed by atoms with Crippen LogP contribution in [0.15, 0.2) is 23.6 Å². The van der Waals surface area contributed by atoms with Crippen molar-refractivity contribution in [2.24, 2.45) is 0 Å². The van der Waals surface area contributed by atoms with E-state index in [4.69, 9.17) is 0 Å². The van der Waals surface area contributed by atoms with E-state index in [0.717, 1.165) is 35.0 Å². The molecule has 0 unspecified atom stereocenters. The lowest BCUT2D eigenvalue weighted by Crippen LogP contribution is -2.48. The van der Waals surface area contributed by atoms with Crippen LogP contribution in [0.25, 0.3) is 6.08 Å². The minimum Gasteiger partial charge on any atom is -0.365 e. The van der Waals surface area contributed by atoms with E-state index in [1.807, 2.05) is 47.0 Å². The molecule has 29 heavy (non-hydrogen) atoms. The Labute approximate surface area is 175 Å². The number of amides is 1. The molecule has 2 aliphatic rings. The van der Waals surface area contributed by atoms with Crippen molar-refractivity contribution >= 4 is 38.8 Å². The average Bonchev–Trinajstić information content (AvgIpc) is 3.40. The number of carbonyl (C=O) groups excluding carboxylic acids is 1. The number of piperazine rings is 1. The van der Waals surface area contributed by atoms with Crippen molar-refractivity contribution in [1.82, 2.24) is 14.7 Å². The molecule has 0 aliphatic carbocycles. The summed E-state index contributed by atoms with van der Waals surface area (Å²) in [6, 6.07) is 3.89. The quantitative estimate of drug-likeness (QED) is 0.690. The zero-order chi connectivity index (χ0) is 20.6. The Bertz CT molecular complexity index is 1020. The molecule has 2 aromatic rings. The monoisotopic (exact) mass is 434 g/mol. The van der Waals surface area contributed by atoms with Gasteiger partial charge in [0.25, 0.3) is 0 Å². The highest BCUT2D eigenvalue weighted by Gasteiger charge is 2.32. The summed E-state index contributed by atoms with van der Waals surface area (Å²) in [5, 5.41) is 6.66. The van der Waals surface area contributed by atoms with Gasteiger partial charge in [0, 0.05) is 37.1 Å². The summed E-state index contributed by atoms with van der Waals surface area (Å²) in [5.74, 6) is 0.455. The zero-order valence-corrected chi connectivity index (χ0v) is 18.4. The molecule has 7 nitrogen and oxygen atoms in total. The molecule has 156 valence electrons. The average molecular weight is 435 g/mol. The molecule has 2 saturated heterocycles. The van der Waals surface area contributed by atoms with Crippen molar-refractivity contribution < 1.29 is 13.2 Å². The number of aryl methyl sites for hydroxylation is 1. The van der Waals surface area contributed by atoms with Crippen LogP contribution in [-0.2, 0) is 14.6 Å². The van der Waals surface area contributed by atoms with Gasteiger partial charge < -0.3 is 9.80 Å². The second kappa shape index (κ2) is 7.95. The van der Waals surface area contributed by atoms with E-state index in [1.165, 1.54) is 0 Å². The first-order chi connectivity index (χ1) is 13.8. The molecule has 0 N–H and O–H groups in total. The fourth-order valence-electron chi connectivity index (χ4n) is 4.23. The van der Waals surface area contributed by atoms with E-state index < -0.39 is 9.84 Å². The fourth-order valence-corrected chi connectivity index (χ4v) is 6.54. The summed E-state index contributed by atoms with van der Waals surface area (Å²) in [4.78, 5) is 17.7. The minimum atomic E-state index is -2.95. The van der Waals surface area contributed by atoms with Gasteiger partial charge in [-0.3, -0.25) is 9.48 Å². The number of hydrogen-bond donors (Lipinski definition) is 0. The lowest BCUT2D eigenvalue weighted by atomic mass is 10.2. The maximum Gasteiger partial charge on any atom is 0.246 e. The fraction of sp³-hybridized carbons (Fsp3) is 0.500. The number of rotatable bonds is 4. The van der Waals surface area contributed by atoms with Gasteiger partial charge in [0.1, 0.15) is 0 Å². The zero-order valence-electron chi connectivity index (χ0n) is 16.7. The second-order valence-electron chi connectivity index (χ2n) is 7.68. The highest BCUT2D eigenvalue weighted by molar-refractivity contribution is 7.91. The van der Waals surface area contributed by atoms with Crippen LogP contribution in [0.5, 0.6) is 0 Å². The molecule has 2 aromatic heterocycles. The van der Waals surface area contributed by atoms with E-state index >= 15 is 0 Å². The van der Waals surface area contributed by atoms with Gasteiger partial charge in [0.2, 0.25) is 5.91 Å². The Kier molecular flexibility index (Phi) is 5.52. The molecular weight excluding hydrogens is 408 g/mol. The predicted molar refractivity (Wildman–Crippen MR) is 116 cm³/mol. The maximum absolute atomic E-state index is 12.5.